The molecule has 1 fully saturated rings. The Morgan fingerprint density at radius 1 is 1.14 bits per heavy atom. The topological polar surface area (TPSA) is 87.6 Å². The van der Waals surface area contributed by atoms with Gasteiger partial charge in [-0.25, -0.2) is 4.79 Å². The first-order chi connectivity index (χ1) is 13.6. The highest BCUT2D eigenvalue weighted by Gasteiger charge is 2.23. The Morgan fingerprint density at radius 3 is 2.64 bits per heavy atom. The van der Waals surface area contributed by atoms with E-state index in [0.29, 0.717) is 11.9 Å². The van der Waals surface area contributed by atoms with Gasteiger partial charge in [-0.15, -0.1) is 0 Å². The first kappa shape index (κ1) is 18.2. The molecule has 0 saturated carbocycles. The van der Waals surface area contributed by atoms with Gasteiger partial charge >= 0.3 is 5.63 Å². The van der Waals surface area contributed by atoms with Gasteiger partial charge in [-0.1, -0.05) is 12.1 Å². The number of phenols is 2. The van der Waals surface area contributed by atoms with E-state index in [2.05, 4.69) is 11.0 Å². The number of quaternary nitrogens is 1. The number of phenolic OH excluding ortho intramolecular Hbond substituents is 2. The van der Waals surface area contributed by atoms with Crippen LogP contribution in [0.1, 0.15) is 5.56 Å². The summed E-state index contributed by atoms with van der Waals surface area (Å²) in [6.45, 7) is 4.21. The molecule has 0 aliphatic carbocycles. The molecule has 0 atom stereocenters. The molecule has 1 aliphatic heterocycles. The van der Waals surface area contributed by atoms with E-state index in [0.717, 1.165) is 43.2 Å². The predicted molar refractivity (Wildman–Crippen MR) is 105 cm³/mol. The van der Waals surface area contributed by atoms with Crippen LogP contribution in [-0.2, 0) is 6.54 Å². The third-order valence-corrected chi connectivity index (χ3v) is 5.29. The van der Waals surface area contributed by atoms with Crippen LogP contribution in [0.25, 0.3) is 11.0 Å². The van der Waals surface area contributed by atoms with Gasteiger partial charge in [0.1, 0.15) is 12.3 Å². The SMILES string of the molecule is COc1ccccc1N1CC[NH+](Cc2cc(=O)oc3c(O)c(O)ccc23)CC1. The minimum Gasteiger partial charge on any atom is -0.504 e. The number of hydrogen-bond acceptors (Lipinski definition) is 6. The highest BCUT2D eigenvalue weighted by molar-refractivity contribution is 5.87. The first-order valence-electron chi connectivity index (χ1n) is 9.26. The molecule has 146 valence electrons. The number of benzene rings is 2. The van der Waals surface area contributed by atoms with Gasteiger partial charge in [-0.05, 0) is 24.3 Å². The zero-order valence-electron chi connectivity index (χ0n) is 15.6. The van der Waals surface area contributed by atoms with E-state index in [-0.39, 0.29) is 11.3 Å². The van der Waals surface area contributed by atoms with Gasteiger partial charge in [0.05, 0.1) is 39.0 Å². The summed E-state index contributed by atoms with van der Waals surface area (Å²) in [4.78, 5) is 15.6. The van der Waals surface area contributed by atoms with Crippen molar-refractivity contribution in [1.29, 1.82) is 0 Å². The molecule has 28 heavy (non-hydrogen) atoms. The molecule has 0 bridgehead atoms. The summed E-state index contributed by atoms with van der Waals surface area (Å²) in [5, 5.41) is 20.3. The van der Waals surface area contributed by atoms with E-state index in [1.807, 2.05) is 18.2 Å². The lowest BCUT2D eigenvalue weighted by Crippen LogP contribution is -3.13. The maximum Gasteiger partial charge on any atom is 0.336 e. The third kappa shape index (κ3) is 3.36. The van der Waals surface area contributed by atoms with Crippen molar-refractivity contribution in [2.24, 2.45) is 0 Å². The molecule has 1 saturated heterocycles. The fourth-order valence-corrected chi connectivity index (χ4v) is 3.81. The van der Waals surface area contributed by atoms with Gasteiger partial charge in [0.2, 0.25) is 5.75 Å². The number of hydrogen-bond donors (Lipinski definition) is 3. The molecular formula is C21H23N2O5+. The lowest BCUT2D eigenvalue weighted by atomic mass is 10.1. The van der Waals surface area contributed by atoms with Crippen molar-refractivity contribution < 1.29 is 24.3 Å². The van der Waals surface area contributed by atoms with Crippen LogP contribution >= 0.6 is 0 Å². The van der Waals surface area contributed by atoms with Crippen LogP contribution in [0.4, 0.5) is 5.69 Å². The van der Waals surface area contributed by atoms with E-state index >= 15 is 0 Å². The number of rotatable bonds is 4. The van der Waals surface area contributed by atoms with Gasteiger partial charge < -0.3 is 29.2 Å². The molecular weight excluding hydrogens is 360 g/mol. The number of methoxy groups -OCH3 is 1. The molecule has 3 aromatic rings. The summed E-state index contributed by atoms with van der Waals surface area (Å²) >= 11 is 0. The van der Waals surface area contributed by atoms with Crippen molar-refractivity contribution >= 4 is 16.7 Å². The lowest BCUT2D eigenvalue weighted by Gasteiger charge is -2.34. The smallest absolute Gasteiger partial charge is 0.336 e. The number of aromatic hydroxyl groups is 2. The Bertz CT molecular complexity index is 1050. The largest absolute Gasteiger partial charge is 0.504 e. The van der Waals surface area contributed by atoms with E-state index in [4.69, 9.17) is 9.15 Å². The Morgan fingerprint density at radius 2 is 1.89 bits per heavy atom. The number of nitrogens with one attached hydrogen (secondary N) is 1. The van der Waals surface area contributed by atoms with Crippen molar-refractivity contribution in [2.45, 2.75) is 6.54 Å². The van der Waals surface area contributed by atoms with Crippen molar-refractivity contribution in [3.8, 4) is 17.2 Å². The minimum absolute atomic E-state index is 0.0366. The van der Waals surface area contributed by atoms with Crippen molar-refractivity contribution in [3.63, 3.8) is 0 Å². The number of anilines is 1. The molecule has 3 N–H and O–H groups in total. The molecule has 1 aromatic heterocycles. The third-order valence-electron chi connectivity index (χ3n) is 5.29. The fourth-order valence-electron chi connectivity index (χ4n) is 3.81. The van der Waals surface area contributed by atoms with Crippen molar-refractivity contribution in [2.75, 3.05) is 38.2 Å². The molecule has 0 spiro atoms. The monoisotopic (exact) mass is 383 g/mol. The van der Waals surface area contributed by atoms with Crippen LogP contribution in [-0.4, -0.2) is 43.5 Å². The molecule has 7 heteroatoms. The summed E-state index contributed by atoms with van der Waals surface area (Å²) in [5.74, 6) is 0.172. The zero-order chi connectivity index (χ0) is 19.7. The molecule has 1 aliphatic rings. The second-order valence-electron chi connectivity index (χ2n) is 6.99. The maximum atomic E-state index is 11.9. The van der Waals surface area contributed by atoms with Gasteiger partial charge in [-0.3, -0.25) is 0 Å². The quantitative estimate of drug-likeness (QED) is 0.462. The summed E-state index contributed by atoms with van der Waals surface area (Å²) < 4.78 is 10.6. The summed E-state index contributed by atoms with van der Waals surface area (Å²) in [5.41, 5.74) is 1.41. The summed E-state index contributed by atoms with van der Waals surface area (Å²) in [6.07, 6.45) is 0. The van der Waals surface area contributed by atoms with E-state index in [9.17, 15) is 15.0 Å². The number of fused-ring (bicyclic) bond motifs is 1. The summed E-state index contributed by atoms with van der Waals surface area (Å²) in [6, 6.07) is 12.6. The summed E-state index contributed by atoms with van der Waals surface area (Å²) in [7, 11) is 1.68. The molecule has 2 heterocycles. The van der Waals surface area contributed by atoms with Crippen LogP contribution in [0, 0.1) is 0 Å². The van der Waals surface area contributed by atoms with E-state index < -0.39 is 11.4 Å². The Balaban J connectivity index is 1.53. The van der Waals surface area contributed by atoms with Crippen LogP contribution in [0.2, 0.25) is 0 Å². The van der Waals surface area contributed by atoms with Gasteiger partial charge in [0, 0.05) is 17.0 Å². The Hall–Kier alpha value is -3.19. The number of nitrogens with zero attached hydrogens (tertiary/aromatic N) is 1. The molecule has 0 unspecified atom stereocenters. The number of ether oxygens (including phenoxy) is 1. The van der Waals surface area contributed by atoms with Crippen LogP contribution in [0.3, 0.4) is 0 Å². The highest BCUT2D eigenvalue weighted by Crippen LogP contribution is 2.33. The predicted octanol–water partition coefficient (Wildman–Crippen LogP) is 1.12. The molecule has 4 rings (SSSR count). The van der Waals surface area contributed by atoms with Crippen LogP contribution in [0.15, 0.2) is 51.7 Å². The van der Waals surface area contributed by atoms with Crippen LogP contribution in [0.5, 0.6) is 17.2 Å². The average molecular weight is 383 g/mol. The Kier molecular flexibility index (Phi) is 4.83. The molecule has 7 nitrogen and oxygen atoms in total. The lowest BCUT2D eigenvalue weighted by molar-refractivity contribution is -0.914. The highest BCUT2D eigenvalue weighted by atomic mass is 16.5. The van der Waals surface area contributed by atoms with E-state index in [1.165, 1.54) is 17.0 Å². The van der Waals surface area contributed by atoms with Gasteiger partial charge in [-0.2, -0.15) is 0 Å². The fraction of sp³-hybridized carbons (Fsp3) is 0.286. The average Bonchev–Trinajstić information content (AvgIpc) is 2.71. The standard InChI is InChI=1S/C21H22N2O5/c1-27-18-5-3-2-4-16(18)23-10-8-22(9-11-23)13-14-12-19(25)28-21-15(14)6-7-17(24)20(21)26/h2-7,12,24,26H,8-11,13H2,1H3/p+1. The molecule has 0 amide bonds. The zero-order valence-corrected chi connectivity index (χ0v) is 15.6. The van der Waals surface area contributed by atoms with Gasteiger partial charge in [0.15, 0.2) is 11.3 Å². The number of piperazine rings is 1. The Labute approximate surface area is 162 Å². The second kappa shape index (κ2) is 7.44. The van der Waals surface area contributed by atoms with Crippen molar-refractivity contribution in [1.82, 2.24) is 0 Å². The normalized spacial score (nSPS) is 15.1. The molecule has 0 radical (unpaired) electrons. The second-order valence-corrected chi connectivity index (χ2v) is 6.99. The van der Waals surface area contributed by atoms with Crippen molar-refractivity contribution in [3.05, 3.63) is 58.4 Å². The van der Waals surface area contributed by atoms with E-state index in [1.54, 1.807) is 13.2 Å². The van der Waals surface area contributed by atoms with Crippen LogP contribution < -0.4 is 20.2 Å². The maximum absolute atomic E-state index is 11.9. The van der Waals surface area contributed by atoms with Gasteiger partial charge in [0.25, 0.3) is 0 Å². The minimum atomic E-state index is -0.532. The molecule has 2 aromatic carbocycles. The first-order valence-corrected chi connectivity index (χ1v) is 9.26. The number of para-hydroxylation sites is 2.